The molecule has 1 aromatic rings. The molecule has 0 bridgehead atoms. The van der Waals surface area contributed by atoms with E-state index in [9.17, 15) is 16.8 Å². The van der Waals surface area contributed by atoms with E-state index in [1.165, 1.54) is 0 Å². The molecule has 0 aliphatic carbocycles. The Morgan fingerprint density at radius 1 is 1.21 bits per heavy atom. The van der Waals surface area contributed by atoms with Crippen LogP contribution in [0.25, 0.3) is 0 Å². The summed E-state index contributed by atoms with van der Waals surface area (Å²) in [7, 11) is -6.24. The number of hydrogen-bond acceptors (Lipinski definition) is 5. The lowest BCUT2D eigenvalue weighted by atomic mass is 10.2. The van der Waals surface area contributed by atoms with Crippen molar-refractivity contribution in [3.63, 3.8) is 0 Å². The van der Waals surface area contributed by atoms with Crippen LogP contribution < -0.4 is 9.62 Å². The van der Waals surface area contributed by atoms with Gasteiger partial charge >= 0.3 is 0 Å². The summed E-state index contributed by atoms with van der Waals surface area (Å²) in [5.41, 5.74) is 1.45. The summed E-state index contributed by atoms with van der Waals surface area (Å²) in [5.74, 6) is 0.544. The molecule has 0 spiro atoms. The van der Waals surface area contributed by atoms with Crippen LogP contribution in [0.3, 0.4) is 0 Å². The van der Waals surface area contributed by atoms with Gasteiger partial charge in [-0.1, -0.05) is 13.3 Å². The highest BCUT2D eigenvalue weighted by Gasteiger charge is 2.31. The Morgan fingerprint density at radius 2 is 1.88 bits per heavy atom. The summed E-state index contributed by atoms with van der Waals surface area (Å²) in [6, 6.07) is 7.13. The Kier molecular flexibility index (Phi) is 6.14. The minimum absolute atomic E-state index is 0.00732. The third kappa shape index (κ3) is 5.11. The molecule has 0 saturated carbocycles. The first-order chi connectivity index (χ1) is 11.3. The van der Waals surface area contributed by atoms with E-state index in [1.807, 2.05) is 26.0 Å². The first-order valence-electron chi connectivity index (χ1n) is 8.34. The summed E-state index contributed by atoms with van der Waals surface area (Å²) in [6.07, 6.45) is 2.10. The fraction of sp³-hybridized carbons (Fsp3) is 0.625. The second-order valence-corrected chi connectivity index (χ2v) is 10.2. The van der Waals surface area contributed by atoms with Crippen LogP contribution in [0.1, 0.15) is 33.1 Å². The molecule has 24 heavy (non-hydrogen) atoms. The topological polar surface area (TPSA) is 83.6 Å². The molecular formula is C16H26N2O4S2. The maximum Gasteiger partial charge on any atom is 0.232 e. The Labute approximate surface area is 145 Å². The minimum atomic E-state index is -3.31. The number of nitrogens with one attached hydrogen (secondary N) is 1. The van der Waals surface area contributed by atoms with Gasteiger partial charge in [-0.2, -0.15) is 0 Å². The fourth-order valence-electron chi connectivity index (χ4n) is 2.96. The van der Waals surface area contributed by atoms with Crippen molar-refractivity contribution in [2.24, 2.45) is 0 Å². The third-order valence-electron chi connectivity index (χ3n) is 4.23. The molecule has 1 aromatic carbocycles. The molecule has 1 aliphatic rings. The fourth-order valence-corrected chi connectivity index (χ4v) is 5.96. The lowest BCUT2D eigenvalue weighted by Crippen LogP contribution is -2.36. The van der Waals surface area contributed by atoms with Crippen molar-refractivity contribution in [3.05, 3.63) is 24.3 Å². The zero-order valence-electron chi connectivity index (χ0n) is 14.2. The number of rotatable bonds is 8. The largest absolute Gasteiger partial charge is 0.368 e. The van der Waals surface area contributed by atoms with Crippen molar-refractivity contribution >= 4 is 31.2 Å². The number of nitrogens with zero attached hydrogens (tertiary/aromatic N) is 1. The van der Waals surface area contributed by atoms with E-state index >= 15 is 0 Å². The molecule has 1 saturated heterocycles. The molecule has 0 aromatic heterocycles. The molecule has 1 fully saturated rings. The Morgan fingerprint density at radius 3 is 2.38 bits per heavy atom. The standard InChI is InChI=1S/C16H26N2O4S2/c1-3-5-11-24(21,22)17-14-6-8-15(9-7-14)18(4-2)16-10-12-23(19,20)13-16/h6-9,16-17H,3-5,10-13H2,1-2H3. The van der Waals surface area contributed by atoms with Crippen molar-refractivity contribution in [2.45, 2.75) is 39.2 Å². The zero-order valence-corrected chi connectivity index (χ0v) is 15.9. The van der Waals surface area contributed by atoms with Gasteiger partial charge in [-0.15, -0.1) is 0 Å². The van der Waals surface area contributed by atoms with E-state index in [-0.39, 0.29) is 23.3 Å². The third-order valence-corrected chi connectivity index (χ3v) is 7.35. The average molecular weight is 375 g/mol. The second-order valence-electron chi connectivity index (χ2n) is 6.16. The molecule has 1 atom stereocenters. The van der Waals surface area contributed by atoms with Crippen molar-refractivity contribution in [1.29, 1.82) is 0 Å². The normalized spacial score (nSPS) is 20.0. The maximum absolute atomic E-state index is 11.9. The average Bonchev–Trinajstić information content (AvgIpc) is 2.87. The van der Waals surface area contributed by atoms with Gasteiger partial charge in [0.2, 0.25) is 10.0 Å². The maximum atomic E-state index is 11.9. The number of anilines is 2. The summed E-state index contributed by atoms with van der Waals surface area (Å²) in [5, 5.41) is 0. The van der Waals surface area contributed by atoms with E-state index in [1.54, 1.807) is 12.1 Å². The monoisotopic (exact) mass is 374 g/mol. The van der Waals surface area contributed by atoms with E-state index in [0.29, 0.717) is 25.1 Å². The van der Waals surface area contributed by atoms with Gasteiger partial charge in [0, 0.05) is 24.0 Å². The first kappa shape index (κ1) is 19.1. The summed E-state index contributed by atoms with van der Waals surface area (Å²) >= 11 is 0. The molecule has 1 N–H and O–H groups in total. The predicted octanol–water partition coefficient (Wildman–Crippen LogP) is 2.24. The van der Waals surface area contributed by atoms with Gasteiger partial charge < -0.3 is 4.90 Å². The van der Waals surface area contributed by atoms with E-state index in [2.05, 4.69) is 9.62 Å². The van der Waals surface area contributed by atoms with Crippen LogP contribution in [-0.2, 0) is 19.9 Å². The van der Waals surface area contributed by atoms with Gasteiger partial charge in [-0.05, 0) is 44.0 Å². The van der Waals surface area contributed by atoms with Crippen LogP contribution in [0.15, 0.2) is 24.3 Å². The number of unbranched alkanes of at least 4 members (excludes halogenated alkanes) is 1. The SMILES string of the molecule is CCCCS(=O)(=O)Nc1ccc(N(CC)C2CCS(=O)(=O)C2)cc1. The molecular weight excluding hydrogens is 348 g/mol. The highest BCUT2D eigenvalue weighted by atomic mass is 32.2. The van der Waals surface area contributed by atoms with E-state index < -0.39 is 19.9 Å². The number of sulfone groups is 1. The van der Waals surface area contributed by atoms with Crippen LogP contribution in [0.2, 0.25) is 0 Å². The van der Waals surface area contributed by atoms with Crippen molar-refractivity contribution in [2.75, 3.05) is 33.4 Å². The minimum Gasteiger partial charge on any atom is -0.368 e. The van der Waals surface area contributed by atoms with Crippen LogP contribution in [0, 0.1) is 0 Å². The quantitative estimate of drug-likeness (QED) is 0.754. The van der Waals surface area contributed by atoms with Gasteiger partial charge in [-0.3, -0.25) is 4.72 Å². The Hall–Kier alpha value is -1.28. The molecule has 8 heteroatoms. The molecule has 1 aliphatic heterocycles. The van der Waals surface area contributed by atoms with Gasteiger partial charge in [0.15, 0.2) is 9.84 Å². The summed E-state index contributed by atoms with van der Waals surface area (Å²) < 4.78 is 49.8. The Bertz CT molecular complexity index is 743. The van der Waals surface area contributed by atoms with Crippen LogP contribution in [0.5, 0.6) is 0 Å². The van der Waals surface area contributed by atoms with Gasteiger partial charge in [0.05, 0.1) is 17.3 Å². The number of hydrogen-bond donors (Lipinski definition) is 1. The van der Waals surface area contributed by atoms with E-state index in [0.717, 1.165) is 12.1 Å². The lowest BCUT2D eigenvalue weighted by Gasteiger charge is -2.29. The van der Waals surface area contributed by atoms with E-state index in [4.69, 9.17) is 0 Å². The number of benzene rings is 1. The zero-order chi connectivity index (χ0) is 17.8. The highest BCUT2D eigenvalue weighted by Crippen LogP contribution is 2.25. The molecule has 1 heterocycles. The van der Waals surface area contributed by atoms with Crippen molar-refractivity contribution < 1.29 is 16.8 Å². The number of sulfonamides is 1. The Balaban J connectivity index is 2.08. The van der Waals surface area contributed by atoms with Crippen molar-refractivity contribution in [3.8, 4) is 0 Å². The van der Waals surface area contributed by atoms with Gasteiger partial charge in [0.1, 0.15) is 0 Å². The molecule has 6 nitrogen and oxygen atoms in total. The van der Waals surface area contributed by atoms with Crippen LogP contribution in [0.4, 0.5) is 11.4 Å². The molecule has 2 rings (SSSR count). The first-order valence-corrected chi connectivity index (χ1v) is 11.8. The molecule has 136 valence electrons. The molecule has 1 unspecified atom stereocenters. The van der Waals surface area contributed by atoms with Gasteiger partial charge in [0.25, 0.3) is 0 Å². The lowest BCUT2D eigenvalue weighted by molar-refractivity contribution is 0.596. The van der Waals surface area contributed by atoms with Crippen molar-refractivity contribution in [1.82, 2.24) is 0 Å². The molecule has 0 amide bonds. The smallest absolute Gasteiger partial charge is 0.232 e. The molecule has 0 radical (unpaired) electrons. The summed E-state index contributed by atoms with van der Waals surface area (Å²) in [6.45, 7) is 4.65. The second kappa shape index (κ2) is 7.74. The van der Waals surface area contributed by atoms with Gasteiger partial charge in [-0.25, -0.2) is 16.8 Å². The van der Waals surface area contributed by atoms with Crippen LogP contribution in [-0.4, -0.2) is 46.7 Å². The highest BCUT2D eigenvalue weighted by molar-refractivity contribution is 7.92. The summed E-state index contributed by atoms with van der Waals surface area (Å²) in [4.78, 5) is 2.07. The predicted molar refractivity (Wildman–Crippen MR) is 98.8 cm³/mol. The van der Waals surface area contributed by atoms with Crippen LogP contribution >= 0.6 is 0 Å².